The molecule has 0 aromatic heterocycles. The van der Waals surface area contributed by atoms with Crippen molar-refractivity contribution in [2.45, 2.75) is 45.8 Å². The number of aliphatic hydroxyl groups excluding tert-OH is 1. The van der Waals surface area contributed by atoms with Crippen LogP contribution in [0.1, 0.15) is 39.5 Å². The van der Waals surface area contributed by atoms with Crippen LogP contribution in [-0.2, 0) is 4.79 Å². The van der Waals surface area contributed by atoms with Crippen LogP contribution >= 0.6 is 0 Å². The van der Waals surface area contributed by atoms with Gasteiger partial charge in [0, 0.05) is 32.5 Å². The molecule has 1 rings (SSSR count). The fourth-order valence-electron chi connectivity index (χ4n) is 2.88. The van der Waals surface area contributed by atoms with E-state index in [0.29, 0.717) is 19.4 Å². The van der Waals surface area contributed by atoms with Crippen molar-refractivity contribution in [1.29, 1.82) is 0 Å². The molecule has 0 spiro atoms. The molecule has 6 heteroatoms. The topological polar surface area (TPSA) is 94.0 Å². The van der Waals surface area contributed by atoms with Crippen LogP contribution in [0.4, 0.5) is 0 Å². The van der Waals surface area contributed by atoms with E-state index in [2.05, 4.69) is 22.5 Å². The van der Waals surface area contributed by atoms with E-state index in [4.69, 9.17) is 0 Å². The summed E-state index contributed by atoms with van der Waals surface area (Å²) in [7, 11) is 1.77. The average Bonchev–Trinajstić information content (AvgIpc) is 2.37. The number of carbonyl (C=O) groups is 1. The minimum atomic E-state index is -1.47. The van der Waals surface area contributed by atoms with Crippen LogP contribution in [0.25, 0.3) is 0 Å². The summed E-state index contributed by atoms with van der Waals surface area (Å²) in [6.45, 7) is 5.03. The molecule has 0 radical (unpaired) electrons. The van der Waals surface area contributed by atoms with Gasteiger partial charge in [0.1, 0.15) is 5.84 Å². The first-order chi connectivity index (χ1) is 9.87. The second kappa shape index (κ2) is 8.14. The summed E-state index contributed by atoms with van der Waals surface area (Å²) in [5, 5.41) is 24.5. The Morgan fingerprint density at radius 1 is 1.57 bits per heavy atom. The van der Waals surface area contributed by atoms with E-state index in [-0.39, 0.29) is 11.3 Å². The summed E-state index contributed by atoms with van der Waals surface area (Å²) >= 11 is 0. The van der Waals surface area contributed by atoms with Crippen LogP contribution < -0.4 is 10.6 Å². The standard InChI is InChI=1S/C15H27N3O3/c1-11(19)17-8-5-12(9-13(20)21)10-15(2)6-4-7-18-14(15)16-3/h9,13,20-21H,4-8,10H2,1-3H3,(H,16,18)(H,17,19)/b12-9+. The zero-order valence-electron chi connectivity index (χ0n) is 13.1. The number of carbonyl (C=O) groups excluding carboxylic acids is 1. The molecule has 0 saturated carbocycles. The third kappa shape index (κ3) is 5.85. The largest absolute Gasteiger partial charge is 0.373 e. The Morgan fingerprint density at radius 3 is 2.86 bits per heavy atom. The SMILES string of the molecule is C/N=C1/NCCCC1(C)C/C(=C/C(O)O)CCNC(C)=O. The number of rotatable bonds is 6. The van der Waals surface area contributed by atoms with Crippen LogP contribution in [0.5, 0.6) is 0 Å². The van der Waals surface area contributed by atoms with Gasteiger partial charge < -0.3 is 20.8 Å². The van der Waals surface area contributed by atoms with Gasteiger partial charge in [-0.05, 0) is 31.8 Å². The number of hydrogen-bond acceptors (Lipinski definition) is 4. The first kappa shape index (κ1) is 17.7. The van der Waals surface area contributed by atoms with Crippen LogP contribution in [0.3, 0.4) is 0 Å². The zero-order chi connectivity index (χ0) is 15.9. The van der Waals surface area contributed by atoms with Gasteiger partial charge in [0.2, 0.25) is 5.91 Å². The number of nitrogens with one attached hydrogen (secondary N) is 2. The predicted octanol–water partition coefficient (Wildman–Crippen LogP) is 0.558. The molecule has 0 aromatic carbocycles. The summed E-state index contributed by atoms with van der Waals surface area (Å²) in [4.78, 5) is 15.3. The van der Waals surface area contributed by atoms with Crippen molar-refractivity contribution in [3.05, 3.63) is 11.6 Å². The maximum Gasteiger partial charge on any atom is 0.216 e. The molecule has 1 unspecified atom stereocenters. The molecular weight excluding hydrogens is 270 g/mol. The average molecular weight is 297 g/mol. The van der Waals surface area contributed by atoms with E-state index in [1.165, 1.54) is 13.0 Å². The molecule has 1 atom stereocenters. The molecule has 0 aromatic rings. The molecule has 120 valence electrons. The van der Waals surface area contributed by atoms with E-state index >= 15 is 0 Å². The number of aliphatic hydroxyl groups is 2. The summed E-state index contributed by atoms with van der Waals surface area (Å²) in [5.74, 6) is 0.881. The van der Waals surface area contributed by atoms with E-state index in [1.54, 1.807) is 7.05 Å². The predicted molar refractivity (Wildman–Crippen MR) is 82.9 cm³/mol. The van der Waals surface area contributed by atoms with Gasteiger partial charge in [-0.25, -0.2) is 0 Å². The van der Waals surface area contributed by atoms with E-state index in [0.717, 1.165) is 30.8 Å². The Labute approximate surface area is 126 Å². The molecule has 1 aliphatic heterocycles. The highest BCUT2D eigenvalue weighted by atomic mass is 16.5. The van der Waals surface area contributed by atoms with Gasteiger partial charge in [-0.15, -0.1) is 0 Å². The smallest absolute Gasteiger partial charge is 0.216 e. The van der Waals surface area contributed by atoms with Gasteiger partial charge in [-0.2, -0.15) is 0 Å². The molecule has 1 amide bonds. The lowest BCUT2D eigenvalue weighted by molar-refractivity contribution is -0.118. The Bertz CT molecular complexity index is 418. The van der Waals surface area contributed by atoms with Crippen molar-refractivity contribution in [2.75, 3.05) is 20.1 Å². The van der Waals surface area contributed by atoms with Crippen molar-refractivity contribution >= 4 is 11.7 Å². The Kier molecular flexibility index (Phi) is 6.84. The van der Waals surface area contributed by atoms with Crippen molar-refractivity contribution in [1.82, 2.24) is 10.6 Å². The first-order valence-electron chi connectivity index (χ1n) is 7.38. The van der Waals surface area contributed by atoms with E-state index in [1.807, 2.05) is 0 Å². The molecule has 21 heavy (non-hydrogen) atoms. The fraction of sp³-hybridized carbons (Fsp3) is 0.733. The minimum absolute atomic E-state index is 0.0831. The van der Waals surface area contributed by atoms with Gasteiger partial charge in [0.25, 0.3) is 0 Å². The second-order valence-corrected chi connectivity index (χ2v) is 5.81. The lowest BCUT2D eigenvalue weighted by atomic mass is 9.75. The lowest BCUT2D eigenvalue weighted by Gasteiger charge is -2.36. The summed E-state index contributed by atoms with van der Waals surface area (Å²) in [6.07, 6.45) is 3.35. The van der Waals surface area contributed by atoms with Crippen LogP contribution in [0.15, 0.2) is 16.6 Å². The number of amidine groups is 1. The normalized spacial score (nSPS) is 25.0. The van der Waals surface area contributed by atoms with Crippen LogP contribution in [0, 0.1) is 5.41 Å². The second-order valence-electron chi connectivity index (χ2n) is 5.81. The quantitative estimate of drug-likeness (QED) is 0.425. The molecular formula is C15H27N3O3. The zero-order valence-corrected chi connectivity index (χ0v) is 13.1. The number of amides is 1. The Morgan fingerprint density at radius 2 is 2.29 bits per heavy atom. The number of piperidine rings is 1. The van der Waals surface area contributed by atoms with Gasteiger partial charge in [-0.3, -0.25) is 9.79 Å². The third-order valence-corrected chi connectivity index (χ3v) is 3.82. The van der Waals surface area contributed by atoms with Gasteiger partial charge in [0.15, 0.2) is 6.29 Å². The maximum absolute atomic E-state index is 10.9. The van der Waals surface area contributed by atoms with Crippen molar-refractivity contribution in [3.8, 4) is 0 Å². The highest BCUT2D eigenvalue weighted by Gasteiger charge is 2.33. The number of nitrogens with zero attached hydrogens (tertiary/aromatic N) is 1. The minimum Gasteiger partial charge on any atom is -0.373 e. The molecule has 1 aliphatic rings. The monoisotopic (exact) mass is 297 g/mol. The molecule has 0 bridgehead atoms. The van der Waals surface area contributed by atoms with Gasteiger partial charge in [0.05, 0.1) is 0 Å². The van der Waals surface area contributed by atoms with Crippen LogP contribution in [0.2, 0.25) is 0 Å². The van der Waals surface area contributed by atoms with Crippen molar-refractivity contribution in [3.63, 3.8) is 0 Å². The van der Waals surface area contributed by atoms with Crippen LogP contribution in [-0.4, -0.2) is 48.4 Å². The fourth-order valence-corrected chi connectivity index (χ4v) is 2.88. The molecule has 0 aliphatic carbocycles. The molecule has 1 fully saturated rings. The lowest BCUT2D eigenvalue weighted by Crippen LogP contribution is -2.44. The summed E-state index contributed by atoms with van der Waals surface area (Å²) in [5.41, 5.74) is 0.801. The highest BCUT2D eigenvalue weighted by Crippen LogP contribution is 2.35. The summed E-state index contributed by atoms with van der Waals surface area (Å²) in [6, 6.07) is 0. The third-order valence-electron chi connectivity index (χ3n) is 3.82. The molecule has 1 saturated heterocycles. The first-order valence-corrected chi connectivity index (χ1v) is 7.38. The van der Waals surface area contributed by atoms with Gasteiger partial charge >= 0.3 is 0 Å². The summed E-state index contributed by atoms with van der Waals surface area (Å²) < 4.78 is 0. The Hall–Kier alpha value is -1.40. The van der Waals surface area contributed by atoms with Gasteiger partial charge in [-0.1, -0.05) is 12.5 Å². The van der Waals surface area contributed by atoms with Crippen molar-refractivity contribution in [2.24, 2.45) is 10.4 Å². The Balaban J connectivity index is 2.77. The number of hydrogen-bond donors (Lipinski definition) is 4. The van der Waals surface area contributed by atoms with Crippen molar-refractivity contribution < 1.29 is 15.0 Å². The highest BCUT2D eigenvalue weighted by molar-refractivity contribution is 5.88. The van der Waals surface area contributed by atoms with E-state index < -0.39 is 6.29 Å². The molecule has 1 heterocycles. The molecule has 4 N–H and O–H groups in total. The van der Waals surface area contributed by atoms with E-state index in [9.17, 15) is 15.0 Å². The maximum atomic E-state index is 10.9. The number of aliphatic imine (C=N–C) groups is 1. The molecule has 6 nitrogen and oxygen atoms in total.